The van der Waals surface area contributed by atoms with E-state index in [-0.39, 0.29) is 34.5 Å². The largest absolute Gasteiger partial charge is 0.429 e. The highest BCUT2D eigenvalue weighted by Gasteiger charge is 2.40. The van der Waals surface area contributed by atoms with Crippen LogP contribution in [0.4, 0.5) is 50.8 Å². The highest BCUT2D eigenvalue weighted by Crippen LogP contribution is 2.36. The highest BCUT2D eigenvalue weighted by atomic mass is 19.4. The van der Waals surface area contributed by atoms with Crippen molar-refractivity contribution in [1.29, 1.82) is 0 Å². The van der Waals surface area contributed by atoms with Gasteiger partial charge in [-0.3, -0.25) is 0 Å². The molecule has 1 aromatic heterocycles. The molecule has 2 heterocycles. The SMILES string of the molecule is Cc1cccc(Nc2nc3c(nc2Nc2cccc(C)c2F)N=C(C(F)(F)F)C3)c1F. The number of aliphatic imine (C=N–C) groups is 1. The van der Waals surface area contributed by atoms with Gasteiger partial charge in [0.2, 0.25) is 0 Å². The van der Waals surface area contributed by atoms with Crippen LogP contribution in [0.3, 0.4) is 0 Å². The minimum Gasteiger partial charge on any atom is -0.335 e. The fraction of sp³-hybridized carbons (Fsp3) is 0.190. The molecule has 0 radical (unpaired) electrons. The predicted molar refractivity (Wildman–Crippen MR) is 108 cm³/mol. The maximum absolute atomic E-state index is 14.5. The Morgan fingerprint density at radius 1 is 0.806 bits per heavy atom. The van der Waals surface area contributed by atoms with Gasteiger partial charge in [-0.05, 0) is 37.1 Å². The van der Waals surface area contributed by atoms with Gasteiger partial charge in [0.25, 0.3) is 0 Å². The second-order valence-electron chi connectivity index (χ2n) is 7.05. The highest BCUT2D eigenvalue weighted by molar-refractivity contribution is 5.97. The molecule has 2 N–H and O–H groups in total. The summed E-state index contributed by atoms with van der Waals surface area (Å²) in [6.45, 7) is 3.13. The zero-order valence-corrected chi connectivity index (χ0v) is 16.4. The molecule has 0 spiro atoms. The van der Waals surface area contributed by atoms with Crippen LogP contribution in [-0.2, 0) is 6.42 Å². The van der Waals surface area contributed by atoms with E-state index in [1.165, 1.54) is 12.1 Å². The summed E-state index contributed by atoms with van der Waals surface area (Å²) in [7, 11) is 0. The van der Waals surface area contributed by atoms with Gasteiger partial charge in [-0.25, -0.2) is 23.7 Å². The van der Waals surface area contributed by atoms with Crippen molar-refractivity contribution < 1.29 is 22.0 Å². The van der Waals surface area contributed by atoms with Gasteiger partial charge in [-0.2, -0.15) is 13.2 Å². The van der Waals surface area contributed by atoms with Crippen LogP contribution in [0.5, 0.6) is 0 Å². The first-order valence-corrected chi connectivity index (χ1v) is 9.23. The van der Waals surface area contributed by atoms with E-state index in [0.717, 1.165) is 0 Å². The van der Waals surface area contributed by atoms with Crippen molar-refractivity contribution in [1.82, 2.24) is 9.97 Å². The van der Waals surface area contributed by atoms with Gasteiger partial charge in [-0.15, -0.1) is 0 Å². The third kappa shape index (κ3) is 4.05. The normalized spacial score (nSPS) is 13.1. The van der Waals surface area contributed by atoms with E-state index in [2.05, 4.69) is 25.6 Å². The fourth-order valence-electron chi connectivity index (χ4n) is 3.08. The van der Waals surface area contributed by atoms with Gasteiger partial charge in [0.15, 0.2) is 17.5 Å². The van der Waals surface area contributed by atoms with Crippen LogP contribution in [0.25, 0.3) is 0 Å². The Morgan fingerprint density at radius 3 is 1.84 bits per heavy atom. The molecular formula is C21H16F5N5. The monoisotopic (exact) mass is 433 g/mol. The minimum absolute atomic E-state index is 0.0156. The third-order valence-electron chi connectivity index (χ3n) is 4.74. The minimum atomic E-state index is -4.63. The molecule has 4 rings (SSSR count). The number of halogens is 5. The molecule has 3 aromatic rings. The summed E-state index contributed by atoms with van der Waals surface area (Å²) < 4.78 is 68.3. The maximum Gasteiger partial charge on any atom is 0.429 e. The fourth-order valence-corrected chi connectivity index (χ4v) is 3.08. The van der Waals surface area contributed by atoms with Crippen molar-refractivity contribution in [2.24, 2.45) is 4.99 Å². The number of rotatable bonds is 4. The van der Waals surface area contributed by atoms with Gasteiger partial charge in [-0.1, -0.05) is 24.3 Å². The first kappa shape index (κ1) is 20.7. The van der Waals surface area contributed by atoms with Crippen LogP contribution < -0.4 is 10.6 Å². The Kier molecular flexibility index (Phi) is 5.08. The number of hydrogen-bond acceptors (Lipinski definition) is 5. The Bertz CT molecular complexity index is 1200. The summed E-state index contributed by atoms with van der Waals surface area (Å²) in [6.07, 6.45) is -5.19. The summed E-state index contributed by atoms with van der Waals surface area (Å²) in [6, 6.07) is 9.24. The molecule has 0 atom stereocenters. The number of aryl methyl sites for hydroxylation is 2. The van der Waals surface area contributed by atoms with E-state index in [9.17, 15) is 22.0 Å². The molecule has 0 aliphatic carbocycles. The molecule has 2 aromatic carbocycles. The van der Waals surface area contributed by atoms with Crippen LogP contribution in [0.2, 0.25) is 0 Å². The number of aromatic nitrogens is 2. The maximum atomic E-state index is 14.5. The van der Waals surface area contributed by atoms with Crippen molar-refractivity contribution in [3.05, 3.63) is 64.9 Å². The number of hydrogen-bond donors (Lipinski definition) is 2. The summed E-state index contributed by atoms with van der Waals surface area (Å²) in [5.41, 5.74) is -0.235. The van der Waals surface area contributed by atoms with Crippen LogP contribution in [-0.4, -0.2) is 21.9 Å². The Balaban J connectivity index is 1.79. The topological polar surface area (TPSA) is 62.2 Å². The van der Waals surface area contributed by atoms with E-state index in [1.807, 2.05) is 0 Å². The van der Waals surface area contributed by atoms with E-state index < -0.39 is 29.9 Å². The van der Waals surface area contributed by atoms with Crippen molar-refractivity contribution in [2.75, 3.05) is 10.6 Å². The number of nitrogens with zero attached hydrogens (tertiary/aromatic N) is 3. The van der Waals surface area contributed by atoms with Crippen LogP contribution in [0.1, 0.15) is 16.8 Å². The molecule has 0 saturated carbocycles. The van der Waals surface area contributed by atoms with Crippen molar-refractivity contribution in [2.45, 2.75) is 26.4 Å². The molecule has 1 aliphatic heterocycles. The molecule has 0 saturated heterocycles. The smallest absolute Gasteiger partial charge is 0.335 e. The van der Waals surface area contributed by atoms with Gasteiger partial charge < -0.3 is 10.6 Å². The first-order valence-electron chi connectivity index (χ1n) is 9.23. The summed E-state index contributed by atoms with van der Waals surface area (Å²) >= 11 is 0. The average molecular weight is 433 g/mol. The van der Waals surface area contributed by atoms with Gasteiger partial charge in [0.1, 0.15) is 17.3 Å². The molecular weight excluding hydrogens is 417 g/mol. The van der Waals surface area contributed by atoms with Gasteiger partial charge >= 0.3 is 6.18 Å². The van der Waals surface area contributed by atoms with Gasteiger partial charge in [0, 0.05) is 6.42 Å². The molecule has 31 heavy (non-hydrogen) atoms. The van der Waals surface area contributed by atoms with E-state index in [0.29, 0.717) is 11.1 Å². The van der Waals surface area contributed by atoms with Crippen LogP contribution in [0, 0.1) is 25.5 Å². The van der Waals surface area contributed by atoms with E-state index >= 15 is 0 Å². The Morgan fingerprint density at radius 2 is 1.32 bits per heavy atom. The zero-order valence-electron chi connectivity index (χ0n) is 16.4. The lowest BCUT2D eigenvalue weighted by atomic mass is 10.2. The summed E-state index contributed by atoms with van der Waals surface area (Å²) in [5, 5.41) is 5.49. The molecule has 10 heteroatoms. The van der Waals surface area contributed by atoms with E-state index in [4.69, 9.17) is 0 Å². The number of anilines is 4. The third-order valence-corrected chi connectivity index (χ3v) is 4.74. The molecule has 0 amide bonds. The average Bonchev–Trinajstić information content (AvgIpc) is 3.12. The second kappa shape index (κ2) is 7.60. The first-order chi connectivity index (χ1) is 14.6. The molecule has 1 aliphatic rings. The molecule has 0 bridgehead atoms. The van der Waals surface area contributed by atoms with Crippen LogP contribution >= 0.6 is 0 Å². The number of benzene rings is 2. The quantitative estimate of drug-likeness (QED) is 0.492. The molecule has 0 unspecified atom stereocenters. The lowest BCUT2D eigenvalue weighted by Gasteiger charge is -2.15. The van der Waals surface area contributed by atoms with Crippen molar-refractivity contribution >= 4 is 34.5 Å². The predicted octanol–water partition coefficient (Wildman–Crippen LogP) is 6.05. The number of alkyl halides is 3. The van der Waals surface area contributed by atoms with Gasteiger partial charge in [0.05, 0.1) is 17.1 Å². The summed E-state index contributed by atoms with van der Waals surface area (Å²) in [5.74, 6) is -1.47. The van der Waals surface area contributed by atoms with E-state index in [1.54, 1.807) is 38.1 Å². The van der Waals surface area contributed by atoms with Crippen LogP contribution in [0.15, 0.2) is 41.4 Å². The number of fused-ring (bicyclic) bond motifs is 1. The molecule has 0 fully saturated rings. The molecule has 5 nitrogen and oxygen atoms in total. The lowest BCUT2D eigenvalue weighted by molar-refractivity contribution is -0.0597. The second-order valence-corrected chi connectivity index (χ2v) is 7.05. The summed E-state index contributed by atoms with van der Waals surface area (Å²) in [4.78, 5) is 11.8. The standard InChI is InChI=1S/C21H16F5N5/c1-10-5-3-7-12(16(10)22)27-19-20(28-13-8-4-6-11(2)17(13)23)31-18-14(29-19)9-15(30-18)21(24,25)26/h3-8H,9H2,1-2H3,(H,27,29)(H,28,31). The Labute approximate surface area is 174 Å². The molecule has 160 valence electrons. The van der Waals surface area contributed by atoms with Crippen molar-refractivity contribution in [3.63, 3.8) is 0 Å². The zero-order chi connectivity index (χ0) is 22.3. The van der Waals surface area contributed by atoms with Crippen molar-refractivity contribution in [3.8, 4) is 0 Å². The number of nitrogens with one attached hydrogen (secondary N) is 2. The lowest BCUT2D eigenvalue weighted by Crippen LogP contribution is -2.22. The Hall–Kier alpha value is -3.56.